The van der Waals surface area contributed by atoms with Crippen molar-refractivity contribution in [2.75, 3.05) is 11.1 Å². The third kappa shape index (κ3) is 2.82. The molecule has 0 saturated heterocycles. The van der Waals surface area contributed by atoms with Crippen molar-refractivity contribution in [3.05, 3.63) is 53.3 Å². The Morgan fingerprint density at radius 3 is 2.58 bits per heavy atom. The van der Waals surface area contributed by atoms with Crippen LogP contribution in [0.2, 0.25) is 0 Å². The maximum Gasteiger partial charge on any atom is 0.335 e. The number of aryl methyl sites for hydroxylation is 1. The lowest BCUT2D eigenvalue weighted by Gasteiger charge is -2.10. The molecule has 4 nitrogen and oxygen atoms in total. The van der Waals surface area contributed by atoms with E-state index in [1.54, 1.807) is 25.1 Å². The van der Waals surface area contributed by atoms with Gasteiger partial charge in [-0.05, 0) is 42.8 Å². The number of nitrogens with one attached hydrogen (secondary N) is 1. The van der Waals surface area contributed by atoms with Crippen LogP contribution >= 0.6 is 0 Å². The summed E-state index contributed by atoms with van der Waals surface area (Å²) in [5.74, 6) is -1.36. The van der Waals surface area contributed by atoms with Crippen LogP contribution in [0.25, 0.3) is 0 Å². The summed E-state index contributed by atoms with van der Waals surface area (Å²) in [7, 11) is 0. The molecule has 5 heteroatoms. The van der Waals surface area contributed by atoms with Gasteiger partial charge in [-0.25, -0.2) is 9.18 Å². The van der Waals surface area contributed by atoms with Crippen LogP contribution in [0.3, 0.4) is 0 Å². The lowest BCUT2D eigenvalue weighted by Crippen LogP contribution is -2.01. The highest BCUT2D eigenvalue weighted by molar-refractivity contribution is 5.90. The molecule has 0 aromatic heterocycles. The van der Waals surface area contributed by atoms with E-state index in [1.807, 2.05) is 0 Å². The Bertz CT molecular complexity index is 641. The van der Waals surface area contributed by atoms with Gasteiger partial charge in [-0.2, -0.15) is 0 Å². The first-order valence-corrected chi connectivity index (χ1v) is 5.63. The summed E-state index contributed by atoms with van der Waals surface area (Å²) in [6.45, 7) is 1.68. The number of hydrogen-bond donors (Lipinski definition) is 3. The lowest BCUT2D eigenvalue weighted by atomic mass is 10.1. The highest BCUT2D eigenvalue weighted by atomic mass is 19.1. The summed E-state index contributed by atoms with van der Waals surface area (Å²) in [4.78, 5) is 10.8. The van der Waals surface area contributed by atoms with Gasteiger partial charge in [0.25, 0.3) is 0 Å². The lowest BCUT2D eigenvalue weighted by molar-refractivity contribution is 0.0697. The molecule has 0 atom stereocenters. The zero-order chi connectivity index (χ0) is 14.0. The number of hydrogen-bond acceptors (Lipinski definition) is 3. The Morgan fingerprint density at radius 2 is 2.00 bits per heavy atom. The van der Waals surface area contributed by atoms with Crippen LogP contribution in [0.5, 0.6) is 0 Å². The SMILES string of the molecule is Cc1ccc(Nc2ccc(C(=O)O)cc2N)cc1F. The largest absolute Gasteiger partial charge is 0.478 e. The summed E-state index contributed by atoms with van der Waals surface area (Å²) in [6, 6.07) is 9.08. The maximum absolute atomic E-state index is 13.4. The second kappa shape index (κ2) is 4.97. The van der Waals surface area contributed by atoms with Crippen molar-refractivity contribution < 1.29 is 14.3 Å². The van der Waals surface area contributed by atoms with E-state index in [1.165, 1.54) is 18.2 Å². The summed E-state index contributed by atoms with van der Waals surface area (Å²) in [5.41, 5.74) is 7.80. The van der Waals surface area contributed by atoms with Crippen molar-refractivity contribution in [3.63, 3.8) is 0 Å². The fraction of sp³-hybridized carbons (Fsp3) is 0.0714. The molecule has 0 amide bonds. The molecule has 0 bridgehead atoms. The highest BCUT2D eigenvalue weighted by Crippen LogP contribution is 2.25. The summed E-state index contributed by atoms with van der Waals surface area (Å²) >= 11 is 0. The third-order valence-electron chi connectivity index (χ3n) is 2.75. The van der Waals surface area contributed by atoms with Gasteiger partial charge in [0.05, 0.1) is 16.9 Å². The van der Waals surface area contributed by atoms with Crippen molar-refractivity contribution in [1.82, 2.24) is 0 Å². The van der Waals surface area contributed by atoms with Crippen molar-refractivity contribution in [1.29, 1.82) is 0 Å². The Labute approximate surface area is 109 Å². The number of nitrogens with two attached hydrogens (primary N) is 1. The van der Waals surface area contributed by atoms with Gasteiger partial charge in [-0.3, -0.25) is 0 Å². The van der Waals surface area contributed by atoms with E-state index >= 15 is 0 Å². The van der Waals surface area contributed by atoms with Crippen LogP contribution < -0.4 is 11.1 Å². The highest BCUT2D eigenvalue weighted by Gasteiger charge is 2.07. The molecular weight excluding hydrogens is 247 g/mol. The van der Waals surface area contributed by atoms with E-state index in [0.29, 0.717) is 22.6 Å². The van der Waals surface area contributed by atoms with Crippen LogP contribution in [0, 0.1) is 12.7 Å². The second-order valence-corrected chi connectivity index (χ2v) is 4.20. The zero-order valence-electron chi connectivity index (χ0n) is 10.3. The average molecular weight is 260 g/mol. The number of rotatable bonds is 3. The number of carboxylic acids is 1. The van der Waals surface area contributed by atoms with E-state index < -0.39 is 5.97 Å². The Morgan fingerprint density at radius 1 is 1.26 bits per heavy atom. The minimum Gasteiger partial charge on any atom is -0.478 e. The van der Waals surface area contributed by atoms with Crippen LogP contribution in [0.4, 0.5) is 21.5 Å². The molecule has 2 aromatic rings. The molecule has 98 valence electrons. The van der Waals surface area contributed by atoms with Crippen LogP contribution in [0.15, 0.2) is 36.4 Å². The molecule has 4 N–H and O–H groups in total. The molecule has 0 spiro atoms. The molecular formula is C14H13FN2O2. The standard InChI is InChI=1S/C14H13FN2O2/c1-8-2-4-10(7-11(8)15)17-13-5-3-9(14(18)19)6-12(13)16/h2-7,17H,16H2,1H3,(H,18,19). The fourth-order valence-electron chi connectivity index (χ4n) is 1.64. The van der Waals surface area contributed by atoms with Crippen molar-refractivity contribution in [2.24, 2.45) is 0 Å². The molecule has 0 radical (unpaired) electrons. The zero-order valence-corrected chi connectivity index (χ0v) is 10.3. The number of aromatic carboxylic acids is 1. The van der Waals surface area contributed by atoms with Gasteiger partial charge in [-0.15, -0.1) is 0 Å². The van der Waals surface area contributed by atoms with Crippen LogP contribution in [0.1, 0.15) is 15.9 Å². The first kappa shape index (κ1) is 12.9. The van der Waals surface area contributed by atoms with E-state index in [4.69, 9.17) is 10.8 Å². The monoisotopic (exact) mass is 260 g/mol. The molecule has 0 aliphatic heterocycles. The van der Waals surface area contributed by atoms with Crippen molar-refractivity contribution in [2.45, 2.75) is 6.92 Å². The number of anilines is 3. The van der Waals surface area contributed by atoms with E-state index in [-0.39, 0.29) is 11.4 Å². The fourth-order valence-corrected chi connectivity index (χ4v) is 1.64. The smallest absolute Gasteiger partial charge is 0.335 e. The molecule has 0 aliphatic rings. The number of carbonyl (C=O) groups is 1. The molecule has 0 fully saturated rings. The molecule has 0 unspecified atom stereocenters. The van der Waals surface area contributed by atoms with Gasteiger partial charge in [-0.1, -0.05) is 6.07 Å². The molecule has 0 heterocycles. The molecule has 0 aliphatic carbocycles. The number of halogens is 1. The Balaban J connectivity index is 2.28. The summed E-state index contributed by atoms with van der Waals surface area (Å²) in [6.07, 6.45) is 0. The number of benzene rings is 2. The number of nitrogen functional groups attached to an aromatic ring is 1. The molecule has 0 saturated carbocycles. The quantitative estimate of drug-likeness (QED) is 0.741. The van der Waals surface area contributed by atoms with Gasteiger partial charge in [0.2, 0.25) is 0 Å². The van der Waals surface area contributed by atoms with Gasteiger partial charge < -0.3 is 16.2 Å². The van der Waals surface area contributed by atoms with Crippen LogP contribution in [-0.2, 0) is 0 Å². The first-order valence-electron chi connectivity index (χ1n) is 5.63. The predicted molar refractivity (Wildman–Crippen MR) is 72.2 cm³/mol. The van der Waals surface area contributed by atoms with Gasteiger partial charge in [0, 0.05) is 5.69 Å². The van der Waals surface area contributed by atoms with Gasteiger partial charge >= 0.3 is 5.97 Å². The predicted octanol–water partition coefficient (Wildman–Crippen LogP) is 3.16. The van der Waals surface area contributed by atoms with Crippen molar-refractivity contribution >= 4 is 23.0 Å². The number of carboxylic acid groups (broad SMARTS) is 1. The third-order valence-corrected chi connectivity index (χ3v) is 2.75. The molecule has 2 rings (SSSR count). The second-order valence-electron chi connectivity index (χ2n) is 4.20. The minimum absolute atomic E-state index is 0.109. The minimum atomic E-state index is -1.04. The Kier molecular flexibility index (Phi) is 3.37. The van der Waals surface area contributed by atoms with E-state index in [9.17, 15) is 9.18 Å². The summed E-state index contributed by atoms with van der Waals surface area (Å²) in [5, 5.41) is 11.8. The van der Waals surface area contributed by atoms with E-state index in [2.05, 4.69) is 5.32 Å². The van der Waals surface area contributed by atoms with Gasteiger partial charge in [0.15, 0.2) is 0 Å². The van der Waals surface area contributed by atoms with Gasteiger partial charge in [0.1, 0.15) is 5.82 Å². The topological polar surface area (TPSA) is 75.3 Å². The molecule has 19 heavy (non-hydrogen) atoms. The molecule has 2 aromatic carbocycles. The van der Waals surface area contributed by atoms with Crippen LogP contribution in [-0.4, -0.2) is 11.1 Å². The maximum atomic E-state index is 13.4. The normalized spacial score (nSPS) is 10.2. The first-order chi connectivity index (χ1) is 8.97. The van der Waals surface area contributed by atoms with E-state index in [0.717, 1.165) is 0 Å². The summed E-state index contributed by atoms with van der Waals surface area (Å²) < 4.78 is 13.4. The van der Waals surface area contributed by atoms with Crippen molar-refractivity contribution in [3.8, 4) is 0 Å². The average Bonchev–Trinajstić information content (AvgIpc) is 2.36. The Hall–Kier alpha value is -2.56.